The van der Waals surface area contributed by atoms with Gasteiger partial charge in [-0.3, -0.25) is 4.79 Å². The number of para-hydroxylation sites is 1. The first-order chi connectivity index (χ1) is 9.85. The highest BCUT2D eigenvalue weighted by Crippen LogP contribution is 2.15. The zero-order chi connectivity index (χ0) is 15.5. The van der Waals surface area contributed by atoms with Gasteiger partial charge in [0.15, 0.2) is 0 Å². The Morgan fingerprint density at radius 3 is 2.67 bits per heavy atom. The summed E-state index contributed by atoms with van der Waals surface area (Å²) < 4.78 is 0. The summed E-state index contributed by atoms with van der Waals surface area (Å²) in [5.74, 6) is 0. The minimum Gasteiger partial charge on any atom is -0.322 e. The Morgan fingerprint density at radius 2 is 1.95 bits per heavy atom. The maximum Gasteiger partial charge on any atom is 0.248 e. The van der Waals surface area contributed by atoms with Gasteiger partial charge >= 0.3 is 0 Å². The SMILES string of the molecule is CN(CCNC(C)(C)C)Cc1cc(=O)[nH]c2ccccc12. The van der Waals surface area contributed by atoms with Crippen molar-refractivity contribution in [1.82, 2.24) is 15.2 Å². The minimum atomic E-state index is -0.0371. The lowest BCUT2D eigenvalue weighted by Gasteiger charge is -2.23. The van der Waals surface area contributed by atoms with E-state index in [-0.39, 0.29) is 11.1 Å². The summed E-state index contributed by atoms with van der Waals surface area (Å²) in [6.45, 7) is 9.14. The van der Waals surface area contributed by atoms with Crippen LogP contribution in [0.2, 0.25) is 0 Å². The van der Waals surface area contributed by atoms with E-state index in [4.69, 9.17) is 0 Å². The molecule has 21 heavy (non-hydrogen) atoms. The van der Waals surface area contributed by atoms with Gasteiger partial charge in [0.1, 0.15) is 0 Å². The van der Waals surface area contributed by atoms with E-state index in [1.807, 2.05) is 18.2 Å². The molecule has 0 aliphatic carbocycles. The molecule has 2 aromatic rings. The molecule has 0 amide bonds. The molecule has 0 radical (unpaired) electrons. The van der Waals surface area contributed by atoms with Gasteiger partial charge in [0.2, 0.25) is 5.56 Å². The van der Waals surface area contributed by atoms with Gasteiger partial charge in [-0.1, -0.05) is 18.2 Å². The van der Waals surface area contributed by atoms with Crippen molar-refractivity contribution in [3.63, 3.8) is 0 Å². The normalized spacial score (nSPS) is 12.2. The molecule has 114 valence electrons. The molecule has 0 saturated heterocycles. The zero-order valence-corrected chi connectivity index (χ0v) is 13.4. The molecule has 0 fully saturated rings. The van der Waals surface area contributed by atoms with Gasteiger partial charge in [-0.25, -0.2) is 0 Å². The van der Waals surface area contributed by atoms with Crippen molar-refractivity contribution in [3.8, 4) is 0 Å². The third-order valence-electron chi connectivity index (χ3n) is 3.43. The van der Waals surface area contributed by atoms with Crippen LogP contribution in [0.5, 0.6) is 0 Å². The maximum absolute atomic E-state index is 11.7. The number of nitrogens with one attached hydrogen (secondary N) is 2. The van der Waals surface area contributed by atoms with E-state index in [1.54, 1.807) is 6.07 Å². The van der Waals surface area contributed by atoms with Crippen molar-refractivity contribution in [2.24, 2.45) is 0 Å². The van der Waals surface area contributed by atoms with E-state index in [2.05, 4.69) is 49.1 Å². The molecule has 1 heterocycles. The Labute approximate surface area is 126 Å². The Balaban J connectivity index is 2.07. The van der Waals surface area contributed by atoms with E-state index in [0.717, 1.165) is 36.1 Å². The molecule has 0 spiro atoms. The summed E-state index contributed by atoms with van der Waals surface area (Å²) in [5.41, 5.74) is 2.08. The Bertz CT molecular complexity index is 655. The molecule has 0 unspecified atom stereocenters. The van der Waals surface area contributed by atoms with E-state index in [0.29, 0.717) is 0 Å². The fraction of sp³-hybridized carbons (Fsp3) is 0.471. The van der Waals surface area contributed by atoms with Gasteiger partial charge in [0.05, 0.1) is 0 Å². The Kier molecular flexibility index (Phi) is 4.80. The average Bonchev–Trinajstić information content (AvgIpc) is 2.36. The summed E-state index contributed by atoms with van der Waals surface area (Å²) in [7, 11) is 2.08. The smallest absolute Gasteiger partial charge is 0.248 e. The first kappa shape index (κ1) is 15.7. The quantitative estimate of drug-likeness (QED) is 0.887. The standard InChI is InChI=1S/C17H25N3O/c1-17(2,3)18-9-10-20(4)12-13-11-16(21)19-15-8-6-5-7-14(13)15/h5-8,11,18H,9-10,12H2,1-4H3,(H,19,21). The van der Waals surface area contributed by atoms with Crippen LogP contribution in [-0.2, 0) is 6.54 Å². The van der Waals surface area contributed by atoms with Gasteiger partial charge in [-0.15, -0.1) is 0 Å². The number of aromatic amines is 1. The maximum atomic E-state index is 11.7. The molecule has 0 bridgehead atoms. The number of benzene rings is 1. The molecule has 4 heteroatoms. The van der Waals surface area contributed by atoms with Crippen molar-refractivity contribution in [1.29, 1.82) is 0 Å². The average molecular weight is 287 g/mol. The molecule has 2 rings (SSSR count). The van der Waals surface area contributed by atoms with Crippen LogP contribution in [0, 0.1) is 0 Å². The van der Waals surface area contributed by atoms with Crippen LogP contribution in [0.1, 0.15) is 26.3 Å². The third-order valence-corrected chi connectivity index (χ3v) is 3.43. The number of nitrogens with zero attached hydrogens (tertiary/aromatic N) is 1. The zero-order valence-electron chi connectivity index (χ0n) is 13.4. The van der Waals surface area contributed by atoms with Crippen molar-refractivity contribution >= 4 is 10.9 Å². The fourth-order valence-electron chi connectivity index (χ4n) is 2.40. The minimum absolute atomic E-state index is 0.0371. The number of likely N-dealkylation sites (N-methyl/N-ethyl adjacent to an activating group) is 1. The van der Waals surface area contributed by atoms with E-state index in [1.165, 1.54) is 0 Å². The molecule has 1 aromatic carbocycles. The van der Waals surface area contributed by atoms with Gasteiger partial charge in [-0.2, -0.15) is 0 Å². The second kappa shape index (κ2) is 6.41. The first-order valence-corrected chi connectivity index (χ1v) is 7.40. The van der Waals surface area contributed by atoms with E-state index >= 15 is 0 Å². The Morgan fingerprint density at radius 1 is 1.24 bits per heavy atom. The van der Waals surface area contributed by atoms with Crippen molar-refractivity contribution in [2.45, 2.75) is 32.9 Å². The van der Waals surface area contributed by atoms with Crippen LogP contribution < -0.4 is 10.9 Å². The number of fused-ring (bicyclic) bond motifs is 1. The van der Waals surface area contributed by atoms with Gasteiger partial charge in [-0.05, 0) is 39.4 Å². The van der Waals surface area contributed by atoms with Crippen molar-refractivity contribution in [3.05, 3.63) is 46.2 Å². The highest BCUT2D eigenvalue weighted by Gasteiger charge is 2.10. The van der Waals surface area contributed by atoms with Crippen LogP contribution in [0.4, 0.5) is 0 Å². The summed E-state index contributed by atoms with van der Waals surface area (Å²) in [6.07, 6.45) is 0. The number of H-pyrrole nitrogens is 1. The highest BCUT2D eigenvalue weighted by atomic mass is 16.1. The summed E-state index contributed by atoms with van der Waals surface area (Å²) >= 11 is 0. The lowest BCUT2D eigenvalue weighted by atomic mass is 10.1. The molecule has 2 N–H and O–H groups in total. The monoisotopic (exact) mass is 287 g/mol. The van der Waals surface area contributed by atoms with E-state index < -0.39 is 0 Å². The number of aromatic nitrogens is 1. The highest BCUT2D eigenvalue weighted by molar-refractivity contribution is 5.81. The number of hydrogen-bond acceptors (Lipinski definition) is 3. The third kappa shape index (κ3) is 4.69. The molecule has 4 nitrogen and oxygen atoms in total. The molecule has 0 aliphatic heterocycles. The summed E-state index contributed by atoms with van der Waals surface area (Å²) in [6, 6.07) is 9.66. The summed E-state index contributed by atoms with van der Waals surface area (Å²) in [4.78, 5) is 16.9. The Hall–Kier alpha value is -1.65. The van der Waals surface area contributed by atoms with Crippen LogP contribution in [0.3, 0.4) is 0 Å². The molecular formula is C17H25N3O. The van der Waals surface area contributed by atoms with Crippen LogP contribution in [-0.4, -0.2) is 35.6 Å². The number of hydrogen-bond donors (Lipinski definition) is 2. The number of pyridine rings is 1. The summed E-state index contributed by atoms with van der Waals surface area (Å²) in [5, 5.41) is 4.60. The second-order valence-corrected chi connectivity index (χ2v) is 6.62. The molecule has 0 atom stereocenters. The topological polar surface area (TPSA) is 48.1 Å². The van der Waals surface area contributed by atoms with Crippen LogP contribution in [0.25, 0.3) is 10.9 Å². The lowest BCUT2D eigenvalue weighted by Crippen LogP contribution is -2.40. The van der Waals surface area contributed by atoms with Crippen molar-refractivity contribution in [2.75, 3.05) is 20.1 Å². The molecule has 0 saturated carbocycles. The predicted octanol–water partition coefficient (Wildman–Crippen LogP) is 2.35. The molecular weight excluding hydrogens is 262 g/mol. The second-order valence-electron chi connectivity index (χ2n) is 6.62. The largest absolute Gasteiger partial charge is 0.322 e. The van der Waals surface area contributed by atoms with E-state index in [9.17, 15) is 4.79 Å². The fourth-order valence-corrected chi connectivity index (χ4v) is 2.40. The van der Waals surface area contributed by atoms with Gasteiger partial charge in [0.25, 0.3) is 0 Å². The molecule has 1 aromatic heterocycles. The number of rotatable bonds is 5. The van der Waals surface area contributed by atoms with Gasteiger partial charge in [0, 0.05) is 42.1 Å². The van der Waals surface area contributed by atoms with Crippen LogP contribution >= 0.6 is 0 Å². The van der Waals surface area contributed by atoms with Gasteiger partial charge < -0.3 is 15.2 Å². The lowest BCUT2D eigenvalue weighted by molar-refractivity contribution is 0.304. The molecule has 0 aliphatic rings. The van der Waals surface area contributed by atoms with Crippen LogP contribution in [0.15, 0.2) is 35.1 Å². The first-order valence-electron chi connectivity index (χ1n) is 7.40. The van der Waals surface area contributed by atoms with Crippen molar-refractivity contribution < 1.29 is 0 Å². The predicted molar refractivity (Wildman–Crippen MR) is 88.7 cm³/mol.